The van der Waals surface area contributed by atoms with Crippen molar-refractivity contribution in [3.63, 3.8) is 0 Å². The Kier molecular flexibility index (Phi) is 2.66. The van der Waals surface area contributed by atoms with Crippen LogP contribution in [-0.4, -0.2) is 35.5 Å². The van der Waals surface area contributed by atoms with Gasteiger partial charge in [0.1, 0.15) is 5.60 Å². The fraction of sp³-hybridized carbons (Fsp3) is 0.750. The minimum Gasteiger partial charge on any atom is -0.381 e. The van der Waals surface area contributed by atoms with E-state index in [1.54, 1.807) is 7.11 Å². The van der Waals surface area contributed by atoms with Gasteiger partial charge in [-0.2, -0.15) is 0 Å². The molecule has 0 aliphatic carbocycles. The van der Waals surface area contributed by atoms with Gasteiger partial charge in [-0.15, -0.1) is 0 Å². The zero-order chi connectivity index (χ0) is 10.0. The van der Waals surface area contributed by atoms with Crippen LogP contribution in [-0.2, 0) is 15.1 Å². The summed E-state index contributed by atoms with van der Waals surface area (Å²) < 4.78 is 11.3. The lowest BCUT2D eigenvalue weighted by molar-refractivity contribution is -0.0998. The van der Waals surface area contributed by atoms with Crippen LogP contribution in [0.5, 0.6) is 0 Å². The Morgan fingerprint density at radius 3 is 2.64 bits per heavy atom. The summed E-state index contributed by atoms with van der Waals surface area (Å²) in [5.41, 5.74) is -0.355. The van der Waals surface area contributed by atoms with Crippen LogP contribution >= 0.6 is 12.2 Å². The monoisotopic (exact) mass is 215 g/mol. The van der Waals surface area contributed by atoms with Crippen molar-refractivity contribution in [3.8, 4) is 0 Å². The van der Waals surface area contributed by atoms with Gasteiger partial charge >= 0.3 is 0 Å². The van der Waals surface area contributed by atoms with Crippen LogP contribution in [0, 0.1) is 4.77 Å². The van der Waals surface area contributed by atoms with Gasteiger partial charge in [-0.1, -0.05) is 0 Å². The van der Waals surface area contributed by atoms with E-state index < -0.39 is 0 Å². The number of nitrogens with one attached hydrogen (secondary N) is 2. The minimum atomic E-state index is -0.355. The third-order valence-electron chi connectivity index (χ3n) is 2.62. The smallest absolute Gasteiger partial charge is 0.213 e. The molecule has 1 aliphatic heterocycles. The van der Waals surface area contributed by atoms with Crippen molar-refractivity contribution in [2.45, 2.75) is 18.4 Å². The molecule has 1 aliphatic rings. The van der Waals surface area contributed by atoms with Crippen LogP contribution < -0.4 is 0 Å². The lowest BCUT2D eigenvalue weighted by Gasteiger charge is -2.33. The molecule has 1 aromatic heterocycles. The van der Waals surface area contributed by atoms with Crippen molar-refractivity contribution in [2.24, 2.45) is 0 Å². The van der Waals surface area contributed by atoms with E-state index in [0.29, 0.717) is 18.0 Å². The predicted molar refractivity (Wildman–Crippen MR) is 52.5 cm³/mol. The van der Waals surface area contributed by atoms with Crippen molar-refractivity contribution in [3.05, 3.63) is 10.6 Å². The Morgan fingerprint density at radius 2 is 2.14 bits per heavy atom. The van der Waals surface area contributed by atoms with Crippen LogP contribution in [0.3, 0.4) is 0 Å². The number of hydrogen-bond donors (Lipinski definition) is 2. The maximum atomic E-state index is 5.54. The molecule has 0 radical (unpaired) electrons. The molecule has 2 N–H and O–H groups in total. The molecule has 2 heterocycles. The summed E-state index contributed by atoms with van der Waals surface area (Å²) in [4.78, 5) is 4.20. The van der Waals surface area contributed by atoms with Gasteiger partial charge in [0.2, 0.25) is 4.77 Å². The van der Waals surface area contributed by atoms with Crippen LogP contribution in [0.1, 0.15) is 18.7 Å². The first-order valence-corrected chi connectivity index (χ1v) is 4.96. The predicted octanol–water partition coefficient (Wildman–Crippen LogP) is 1.12. The molecule has 0 unspecified atom stereocenters. The van der Waals surface area contributed by atoms with Crippen LogP contribution in [0.25, 0.3) is 0 Å². The highest BCUT2D eigenvalue weighted by Gasteiger charge is 2.37. The number of nitrogens with zero attached hydrogens (tertiary/aromatic N) is 1. The minimum absolute atomic E-state index is 0.355. The summed E-state index contributed by atoms with van der Waals surface area (Å²) in [6.45, 7) is 1.39. The van der Waals surface area contributed by atoms with Gasteiger partial charge in [-0.05, 0) is 12.2 Å². The van der Waals surface area contributed by atoms with Gasteiger partial charge in [0.25, 0.3) is 0 Å². The Bertz CT molecular complexity index is 353. The first kappa shape index (κ1) is 9.82. The van der Waals surface area contributed by atoms with Crippen molar-refractivity contribution >= 4 is 12.2 Å². The first-order chi connectivity index (χ1) is 6.77. The zero-order valence-corrected chi connectivity index (χ0v) is 8.82. The van der Waals surface area contributed by atoms with Gasteiger partial charge in [-0.25, -0.2) is 4.98 Å². The second kappa shape index (κ2) is 3.80. The lowest BCUT2D eigenvalue weighted by Crippen LogP contribution is -2.36. The van der Waals surface area contributed by atoms with Crippen LogP contribution in [0.15, 0.2) is 0 Å². The third-order valence-corrected chi connectivity index (χ3v) is 2.82. The highest BCUT2D eigenvalue weighted by Crippen LogP contribution is 2.32. The average molecular weight is 215 g/mol. The summed E-state index contributed by atoms with van der Waals surface area (Å²) in [6.07, 6.45) is 1.61. The first-order valence-electron chi connectivity index (χ1n) is 4.55. The normalized spacial score (nSPS) is 20.9. The standard InChI is InChI=1S/C8H13N3O2S/c1-12-8(2-4-13-5-3-8)6-9-7(14)11-10-6/h2-5H2,1H3,(H2,9,10,11,14). The average Bonchev–Trinajstić information content (AvgIpc) is 2.66. The van der Waals surface area contributed by atoms with E-state index in [1.807, 2.05) is 0 Å². The third kappa shape index (κ3) is 1.60. The summed E-state index contributed by atoms with van der Waals surface area (Å²) in [5, 5.41) is 5.73. The van der Waals surface area contributed by atoms with Gasteiger partial charge < -0.3 is 9.47 Å². The number of rotatable bonds is 2. The molecule has 0 spiro atoms. The van der Waals surface area contributed by atoms with Crippen molar-refractivity contribution in [1.82, 2.24) is 15.2 Å². The zero-order valence-electron chi connectivity index (χ0n) is 8.00. The molecular weight excluding hydrogens is 202 g/mol. The molecule has 0 saturated carbocycles. The molecule has 2 rings (SSSR count). The molecule has 1 fully saturated rings. The molecule has 78 valence electrons. The number of aromatic nitrogens is 3. The topological polar surface area (TPSA) is 62.9 Å². The number of H-pyrrole nitrogens is 2. The molecule has 6 heteroatoms. The Labute approximate surface area is 86.8 Å². The second-order valence-corrected chi connectivity index (χ2v) is 3.71. The van der Waals surface area contributed by atoms with Gasteiger partial charge in [-0.3, -0.25) is 10.2 Å². The van der Waals surface area contributed by atoms with E-state index in [9.17, 15) is 0 Å². The van der Waals surface area contributed by atoms with Gasteiger partial charge in [0.15, 0.2) is 5.82 Å². The molecule has 1 aromatic rings. The summed E-state index contributed by atoms with van der Waals surface area (Å²) in [7, 11) is 1.69. The van der Waals surface area contributed by atoms with E-state index in [2.05, 4.69) is 15.2 Å². The number of hydrogen-bond acceptors (Lipinski definition) is 4. The Hall–Kier alpha value is -0.720. The fourth-order valence-electron chi connectivity index (χ4n) is 1.72. The summed E-state index contributed by atoms with van der Waals surface area (Å²) >= 11 is 4.92. The molecule has 0 amide bonds. The summed E-state index contributed by atoms with van der Waals surface area (Å²) in [6, 6.07) is 0. The van der Waals surface area contributed by atoms with Crippen molar-refractivity contribution in [1.29, 1.82) is 0 Å². The van der Waals surface area contributed by atoms with Crippen LogP contribution in [0.4, 0.5) is 0 Å². The van der Waals surface area contributed by atoms with Crippen molar-refractivity contribution in [2.75, 3.05) is 20.3 Å². The largest absolute Gasteiger partial charge is 0.381 e. The fourth-order valence-corrected chi connectivity index (χ4v) is 1.87. The molecule has 14 heavy (non-hydrogen) atoms. The summed E-state index contributed by atoms with van der Waals surface area (Å²) in [5.74, 6) is 0.772. The maximum Gasteiger partial charge on any atom is 0.213 e. The quantitative estimate of drug-likeness (QED) is 0.726. The van der Waals surface area contributed by atoms with Crippen molar-refractivity contribution < 1.29 is 9.47 Å². The number of methoxy groups -OCH3 is 1. The van der Waals surface area contributed by atoms with E-state index in [0.717, 1.165) is 18.7 Å². The molecule has 0 atom stereocenters. The highest BCUT2D eigenvalue weighted by molar-refractivity contribution is 7.71. The van der Waals surface area contributed by atoms with E-state index >= 15 is 0 Å². The highest BCUT2D eigenvalue weighted by atomic mass is 32.1. The van der Waals surface area contributed by atoms with E-state index in [-0.39, 0.29) is 5.60 Å². The molecule has 1 saturated heterocycles. The number of aromatic amines is 2. The molecule has 5 nitrogen and oxygen atoms in total. The lowest BCUT2D eigenvalue weighted by atomic mass is 9.93. The Balaban J connectivity index is 2.31. The molecular formula is C8H13N3O2S. The van der Waals surface area contributed by atoms with Gasteiger partial charge in [0, 0.05) is 33.2 Å². The molecule has 0 aromatic carbocycles. The number of ether oxygens (including phenoxy) is 2. The maximum absolute atomic E-state index is 5.54. The Morgan fingerprint density at radius 1 is 1.43 bits per heavy atom. The SMILES string of the molecule is COC1(c2nc(=S)[nH][nH]2)CCOCC1. The van der Waals surface area contributed by atoms with E-state index in [1.165, 1.54) is 0 Å². The van der Waals surface area contributed by atoms with Gasteiger partial charge in [0.05, 0.1) is 0 Å². The second-order valence-electron chi connectivity index (χ2n) is 3.33. The van der Waals surface area contributed by atoms with E-state index in [4.69, 9.17) is 21.7 Å². The molecule has 0 bridgehead atoms. The van der Waals surface area contributed by atoms with Crippen LogP contribution in [0.2, 0.25) is 0 Å².